The largest absolute Gasteiger partial charge is 0.497 e. The summed E-state index contributed by atoms with van der Waals surface area (Å²) in [5, 5.41) is 6.06. The van der Waals surface area contributed by atoms with Crippen molar-refractivity contribution in [3.8, 4) is 17.2 Å². The minimum atomic E-state index is 0.00614. The van der Waals surface area contributed by atoms with E-state index in [1.807, 2.05) is 41.8 Å². The Labute approximate surface area is 173 Å². The number of rotatable bonds is 7. The van der Waals surface area contributed by atoms with Gasteiger partial charge in [-0.05, 0) is 36.4 Å². The first-order valence-electron chi connectivity index (χ1n) is 9.56. The highest BCUT2D eigenvalue weighted by atomic mass is 32.1. The van der Waals surface area contributed by atoms with Gasteiger partial charge in [-0.15, -0.1) is 11.3 Å². The molecule has 1 aromatic carbocycles. The van der Waals surface area contributed by atoms with E-state index in [9.17, 15) is 4.79 Å². The van der Waals surface area contributed by atoms with Crippen LogP contribution in [0.5, 0.6) is 5.75 Å². The van der Waals surface area contributed by atoms with Gasteiger partial charge in [0, 0.05) is 37.2 Å². The third-order valence-electron chi connectivity index (χ3n) is 4.89. The maximum atomic E-state index is 12.3. The van der Waals surface area contributed by atoms with E-state index < -0.39 is 0 Å². The number of anilines is 1. The summed E-state index contributed by atoms with van der Waals surface area (Å²) < 4.78 is 10.5. The lowest BCUT2D eigenvalue weighted by Crippen LogP contribution is -2.48. The highest BCUT2D eigenvalue weighted by molar-refractivity contribution is 7.09. The maximum Gasteiger partial charge on any atom is 0.238 e. The molecular weight excluding hydrogens is 388 g/mol. The third kappa shape index (κ3) is 5.23. The third-order valence-corrected chi connectivity index (χ3v) is 5.72. The molecule has 1 aliphatic heterocycles. The molecule has 152 valence electrons. The smallest absolute Gasteiger partial charge is 0.238 e. The lowest BCUT2D eigenvalue weighted by atomic mass is 10.3. The Morgan fingerprint density at radius 3 is 2.62 bits per heavy atom. The van der Waals surface area contributed by atoms with Gasteiger partial charge in [-0.1, -0.05) is 0 Å². The fourth-order valence-electron chi connectivity index (χ4n) is 3.30. The van der Waals surface area contributed by atoms with E-state index in [0.29, 0.717) is 6.54 Å². The Hall–Kier alpha value is -2.68. The summed E-state index contributed by atoms with van der Waals surface area (Å²) in [7, 11) is 1.62. The number of carbonyl (C=O) groups excluding carboxylic acids is 1. The van der Waals surface area contributed by atoms with Crippen molar-refractivity contribution in [2.75, 3.05) is 45.2 Å². The Morgan fingerprint density at radius 2 is 1.93 bits per heavy atom. The van der Waals surface area contributed by atoms with Crippen LogP contribution in [0.25, 0.3) is 11.5 Å². The van der Waals surface area contributed by atoms with Crippen molar-refractivity contribution in [1.82, 2.24) is 14.8 Å². The van der Waals surface area contributed by atoms with Crippen molar-refractivity contribution in [3.05, 3.63) is 53.0 Å². The molecule has 1 aliphatic rings. The van der Waals surface area contributed by atoms with Crippen LogP contribution in [0.15, 0.2) is 52.5 Å². The fraction of sp³-hybridized carbons (Fsp3) is 0.333. The van der Waals surface area contributed by atoms with Crippen LogP contribution in [0.1, 0.15) is 5.01 Å². The fourth-order valence-corrected chi connectivity index (χ4v) is 4.12. The van der Waals surface area contributed by atoms with E-state index in [1.165, 1.54) is 0 Å². The maximum absolute atomic E-state index is 12.3. The average molecular weight is 413 g/mol. The van der Waals surface area contributed by atoms with Gasteiger partial charge in [-0.3, -0.25) is 14.6 Å². The van der Waals surface area contributed by atoms with Gasteiger partial charge in [0.2, 0.25) is 5.91 Å². The molecule has 1 amide bonds. The van der Waals surface area contributed by atoms with Crippen LogP contribution in [-0.4, -0.2) is 60.5 Å². The van der Waals surface area contributed by atoms with Crippen molar-refractivity contribution < 1.29 is 13.9 Å². The van der Waals surface area contributed by atoms with Crippen LogP contribution >= 0.6 is 11.3 Å². The molecule has 2 aromatic heterocycles. The van der Waals surface area contributed by atoms with Crippen LogP contribution < -0.4 is 10.1 Å². The van der Waals surface area contributed by atoms with Crippen LogP contribution in [0, 0.1) is 0 Å². The van der Waals surface area contributed by atoms with E-state index in [-0.39, 0.29) is 5.91 Å². The zero-order valence-electron chi connectivity index (χ0n) is 16.3. The summed E-state index contributed by atoms with van der Waals surface area (Å²) in [6.45, 7) is 4.81. The molecule has 3 aromatic rings. The van der Waals surface area contributed by atoms with Crippen molar-refractivity contribution in [3.63, 3.8) is 0 Å². The Balaban J connectivity index is 1.21. The number of nitrogens with zero attached hydrogens (tertiary/aromatic N) is 3. The van der Waals surface area contributed by atoms with Gasteiger partial charge in [-0.25, -0.2) is 4.98 Å². The van der Waals surface area contributed by atoms with E-state index in [0.717, 1.165) is 60.6 Å². The molecule has 0 unspecified atom stereocenters. The van der Waals surface area contributed by atoms with Gasteiger partial charge < -0.3 is 14.5 Å². The predicted octanol–water partition coefficient (Wildman–Crippen LogP) is 3.17. The molecule has 1 saturated heterocycles. The second-order valence-electron chi connectivity index (χ2n) is 6.93. The van der Waals surface area contributed by atoms with E-state index in [2.05, 4.69) is 20.1 Å². The first-order chi connectivity index (χ1) is 14.2. The lowest BCUT2D eigenvalue weighted by molar-refractivity contribution is -0.117. The number of furan rings is 1. The molecule has 7 nitrogen and oxygen atoms in total. The number of thiazole rings is 1. The Kier molecular flexibility index (Phi) is 6.24. The predicted molar refractivity (Wildman–Crippen MR) is 113 cm³/mol. The van der Waals surface area contributed by atoms with Crippen LogP contribution in [0.3, 0.4) is 0 Å². The summed E-state index contributed by atoms with van der Waals surface area (Å²) in [6.07, 6.45) is 1.67. The second kappa shape index (κ2) is 9.21. The van der Waals surface area contributed by atoms with Gasteiger partial charge in [0.15, 0.2) is 5.76 Å². The quantitative estimate of drug-likeness (QED) is 0.643. The molecular formula is C21H24N4O3S. The molecule has 4 rings (SSSR count). The van der Waals surface area contributed by atoms with Gasteiger partial charge in [-0.2, -0.15) is 0 Å². The molecule has 1 N–H and O–H groups in total. The van der Waals surface area contributed by atoms with Crippen molar-refractivity contribution in [2.24, 2.45) is 0 Å². The number of ether oxygens (including phenoxy) is 1. The summed E-state index contributed by atoms with van der Waals surface area (Å²) in [5.41, 5.74) is 1.68. The summed E-state index contributed by atoms with van der Waals surface area (Å²) in [4.78, 5) is 21.5. The van der Waals surface area contributed by atoms with Gasteiger partial charge in [0.1, 0.15) is 16.5 Å². The molecule has 3 heterocycles. The molecule has 0 bridgehead atoms. The highest BCUT2D eigenvalue weighted by Crippen LogP contribution is 2.23. The first kappa shape index (κ1) is 19.6. The molecule has 0 saturated carbocycles. The summed E-state index contributed by atoms with van der Waals surface area (Å²) >= 11 is 1.66. The van der Waals surface area contributed by atoms with Crippen LogP contribution in [-0.2, 0) is 11.3 Å². The number of methoxy groups -OCH3 is 1. The number of carbonyl (C=O) groups is 1. The molecule has 29 heavy (non-hydrogen) atoms. The lowest BCUT2D eigenvalue weighted by Gasteiger charge is -2.33. The SMILES string of the molecule is COc1ccc(NC(=O)CN2CCN(Cc3nc(-c4ccco4)cs3)CC2)cc1. The zero-order chi connectivity index (χ0) is 20.1. The topological polar surface area (TPSA) is 70.8 Å². The number of nitrogens with one attached hydrogen (secondary N) is 1. The number of benzene rings is 1. The molecule has 0 spiro atoms. The standard InChI is InChI=1S/C21H24N4O3S/c1-27-17-6-4-16(5-7-17)22-20(26)13-24-8-10-25(11-9-24)14-21-23-18(15-29-21)19-3-2-12-28-19/h2-7,12,15H,8-11,13-14H2,1H3,(H,22,26). The van der Waals surface area contributed by atoms with Crippen molar-refractivity contribution in [1.29, 1.82) is 0 Å². The normalized spacial score (nSPS) is 15.3. The number of hydrogen-bond acceptors (Lipinski definition) is 7. The van der Waals surface area contributed by atoms with Crippen LogP contribution in [0.4, 0.5) is 5.69 Å². The van der Waals surface area contributed by atoms with Gasteiger partial charge in [0.05, 0.1) is 26.5 Å². The minimum Gasteiger partial charge on any atom is -0.497 e. The van der Waals surface area contributed by atoms with Crippen molar-refractivity contribution >= 4 is 22.9 Å². The summed E-state index contributed by atoms with van der Waals surface area (Å²) in [6, 6.07) is 11.2. The Morgan fingerprint density at radius 1 is 1.17 bits per heavy atom. The zero-order valence-corrected chi connectivity index (χ0v) is 17.2. The molecule has 0 aliphatic carbocycles. The number of amides is 1. The molecule has 8 heteroatoms. The number of hydrogen-bond donors (Lipinski definition) is 1. The second-order valence-corrected chi connectivity index (χ2v) is 7.88. The highest BCUT2D eigenvalue weighted by Gasteiger charge is 2.20. The average Bonchev–Trinajstić information content (AvgIpc) is 3.42. The minimum absolute atomic E-state index is 0.00614. The molecule has 1 fully saturated rings. The van der Waals surface area contributed by atoms with Crippen LogP contribution in [0.2, 0.25) is 0 Å². The van der Waals surface area contributed by atoms with Crippen molar-refractivity contribution in [2.45, 2.75) is 6.54 Å². The van der Waals surface area contributed by atoms with E-state index >= 15 is 0 Å². The van der Waals surface area contributed by atoms with E-state index in [4.69, 9.17) is 9.15 Å². The number of aromatic nitrogens is 1. The Bertz CT molecular complexity index is 916. The van der Waals surface area contributed by atoms with Gasteiger partial charge in [0.25, 0.3) is 0 Å². The molecule has 0 radical (unpaired) electrons. The van der Waals surface area contributed by atoms with Gasteiger partial charge >= 0.3 is 0 Å². The first-order valence-corrected chi connectivity index (χ1v) is 10.4. The number of piperazine rings is 1. The summed E-state index contributed by atoms with van der Waals surface area (Å²) in [5.74, 6) is 1.59. The monoisotopic (exact) mass is 412 g/mol. The van der Waals surface area contributed by atoms with E-state index in [1.54, 1.807) is 24.7 Å². The molecule has 0 atom stereocenters.